The first-order valence-electron chi connectivity index (χ1n) is 10.8. The van der Waals surface area contributed by atoms with Crippen LogP contribution in [0.3, 0.4) is 0 Å². The van der Waals surface area contributed by atoms with Crippen LogP contribution in [0.15, 0.2) is 53.4 Å². The minimum atomic E-state index is -3.59. The molecule has 1 aliphatic heterocycles. The lowest BCUT2D eigenvalue weighted by Gasteiger charge is -2.30. The third-order valence-corrected chi connectivity index (χ3v) is 7.95. The van der Waals surface area contributed by atoms with Gasteiger partial charge in [-0.25, -0.2) is 13.4 Å². The topological polar surface area (TPSA) is 86.4 Å². The summed E-state index contributed by atoms with van der Waals surface area (Å²) in [7, 11) is -3.59. The van der Waals surface area contributed by atoms with E-state index in [4.69, 9.17) is 0 Å². The second-order valence-corrected chi connectivity index (χ2v) is 9.76. The maximum absolute atomic E-state index is 13.1. The summed E-state index contributed by atoms with van der Waals surface area (Å²) in [5, 5.41) is 0. The molecule has 0 aliphatic carbocycles. The second kappa shape index (κ2) is 8.80. The first kappa shape index (κ1) is 21.5. The number of sulfonamides is 1. The number of hydrogen-bond acceptors (Lipinski definition) is 4. The van der Waals surface area contributed by atoms with Gasteiger partial charge in [-0.1, -0.05) is 12.1 Å². The minimum Gasteiger partial charge on any atom is -0.342 e. The molecular weight excluding hydrogens is 412 g/mol. The summed E-state index contributed by atoms with van der Waals surface area (Å²) in [4.78, 5) is 22.5. The number of aromatic nitrogens is 2. The van der Waals surface area contributed by atoms with E-state index in [1.807, 2.05) is 38.1 Å². The predicted molar refractivity (Wildman–Crippen MR) is 121 cm³/mol. The van der Waals surface area contributed by atoms with Crippen LogP contribution in [0.5, 0.6) is 0 Å². The average molecular weight is 441 g/mol. The Hall–Kier alpha value is -2.71. The summed E-state index contributed by atoms with van der Waals surface area (Å²) in [6.45, 7) is 5.99. The number of aromatic amines is 1. The number of carbonyl (C=O) groups excluding carboxylic acids is 1. The minimum absolute atomic E-state index is 0.0828. The van der Waals surface area contributed by atoms with Crippen LogP contribution in [-0.4, -0.2) is 59.7 Å². The molecule has 2 heterocycles. The van der Waals surface area contributed by atoms with Gasteiger partial charge in [-0.15, -0.1) is 0 Å². The highest BCUT2D eigenvalue weighted by Crippen LogP contribution is 2.30. The highest BCUT2D eigenvalue weighted by molar-refractivity contribution is 7.89. The average Bonchev–Trinajstić information content (AvgIpc) is 3.24. The van der Waals surface area contributed by atoms with Crippen molar-refractivity contribution in [1.82, 2.24) is 19.2 Å². The zero-order chi connectivity index (χ0) is 22.0. The molecule has 1 aliphatic rings. The number of rotatable bonds is 6. The molecule has 1 amide bonds. The van der Waals surface area contributed by atoms with Crippen molar-refractivity contribution in [2.45, 2.75) is 37.5 Å². The zero-order valence-corrected chi connectivity index (χ0v) is 18.7. The van der Waals surface area contributed by atoms with Crippen LogP contribution in [-0.2, 0) is 10.0 Å². The summed E-state index contributed by atoms with van der Waals surface area (Å²) in [5.41, 5.74) is 2.45. The van der Waals surface area contributed by atoms with Crippen LogP contribution in [0.1, 0.15) is 48.8 Å². The summed E-state index contributed by atoms with van der Waals surface area (Å²) < 4.78 is 27.7. The third kappa shape index (κ3) is 4.22. The van der Waals surface area contributed by atoms with E-state index in [-0.39, 0.29) is 16.7 Å². The van der Waals surface area contributed by atoms with Crippen LogP contribution < -0.4 is 0 Å². The summed E-state index contributed by atoms with van der Waals surface area (Å²) >= 11 is 0. The van der Waals surface area contributed by atoms with Crippen molar-refractivity contribution in [3.63, 3.8) is 0 Å². The molecule has 8 heteroatoms. The van der Waals surface area contributed by atoms with E-state index >= 15 is 0 Å². The zero-order valence-electron chi connectivity index (χ0n) is 17.9. The number of H-pyrrole nitrogens is 1. The molecule has 7 nitrogen and oxygen atoms in total. The number of carbonyl (C=O) groups is 1. The summed E-state index contributed by atoms with van der Waals surface area (Å²) in [6.07, 6.45) is 1.44. The fraction of sp³-hybridized carbons (Fsp3) is 0.391. The summed E-state index contributed by atoms with van der Waals surface area (Å²) in [5.74, 6) is 1.06. The molecule has 1 fully saturated rings. The van der Waals surface area contributed by atoms with Crippen molar-refractivity contribution >= 4 is 27.0 Å². The number of hydrogen-bond donors (Lipinski definition) is 1. The first-order valence-corrected chi connectivity index (χ1v) is 12.2. The smallest absolute Gasteiger partial charge is 0.253 e. The number of imidazole rings is 1. The van der Waals surface area contributed by atoms with E-state index in [0.717, 1.165) is 29.7 Å². The van der Waals surface area contributed by atoms with E-state index < -0.39 is 10.0 Å². The van der Waals surface area contributed by atoms with Gasteiger partial charge in [0.05, 0.1) is 15.9 Å². The van der Waals surface area contributed by atoms with Crippen molar-refractivity contribution < 1.29 is 13.2 Å². The lowest BCUT2D eigenvalue weighted by atomic mass is 9.97. The number of benzene rings is 2. The first-order chi connectivity index (χ1) is 14.9. The van der Waals surface area contributed by atoms with Gasteiger partial charge in [0.1, 0.15) is 5.82 Å². The Morgan fingerprint density at radius 2 is 1.71 bits per heavy atom. The maximum atomic E-state index is 13.1. The lowest BCUT2D eigenvalue weighted by Crippen LogP contribution is -2.38. The summed E-state index contributed by atoms with van der Waals surface area (Å²) in [6, 6.07) is 14.2. The van der Waals surface area contributed by atoms with E-state index in [1.165, 1.54) is 16.4 Å². The second-order valence-electron chi connectivity index (χ2n) is 7.82. The molecule has 1 N–H and O–H groups in total. The predicted octanol–water partition coefficient (Wildman–Crippen LogP) is 3.61. The Morgan fingerprint density at radius 3 is 2.32 bits per heavy atom. The van der Waals surface area contributed by atoms with Gasteiger partial charge in [0, 0.05) is 37.7 Å². The Balaban J connectivity index is 1.44. The van der Waals surface area contributed by atoms with Gasteiger partial charge in [0.2, 0.25) is 10.0 Å². The van der Waals surface area contributed by atoms with Crippen molar-refractivity contribution in [2.75, 3.05) is 26.2 Å². The number of nitrogens with one attached hydrogen (secondary N) is 1. The molecule has 1 saturated heterocycles. The fourth-order valence-electron chi connectivity index (χ4n) is 4.15. The molecule has 1 aromatic heterocycles. The highest BCUT2D eigenvalue weighted by atomic mass is 32.2. The van der Waals surface area contributed by atoms with Gasteiger partial charge in [-0.2, -0.15) is 4.31 Å². The van der Waals surface area contributed by atoms with E-state index in [0.29, 0.717) is 31.7 Å². The molecule has 3 aromatic rings. The molecular formula is C23H28N4O3S. The Bertz CT molecular complexity index is 1130. The highest BCUT2D eigenvalue weighted by Gasteiger charge is 2.31. The van der Waals surface area contributed by atoms with E-state index in [9.17, 15) is 13.2 Å². The van der Waals surface area contributed by atoms with Gasteiger partial charge in [-0.05, 0) is 63.1 Å². The molecule has 164 valence electrons. The molecule has 0 unspecified atom stereocenters. The van der Waals surface area contributed by atoms with Gasteiger partial charge in [0.25, 0.3) is 5.91 Å². The quantitative estimate of drug-likeness (QED) is 0.634. The molecule has 0 spiro atoms. The standard InChI is InChI=1S/C23H28N4O3S/c1-3-26(4-2)23(28)18-9-11-19(12-10-18)31(29,30)27-15-13-17(14-16-27)22-24-20-7-5-6-8-21(20)25-22/h5-12,17H,3-4,13-16H2,1-2H3,(H,24,25). The molecule has 4 rings (SSSR count). The van der Waals surface area contributed by atoms with Gasteiger partial charge in [0.15, 0.2) is 0 Å². The number of amides is 1. The number of fused-ring (bicyclic) bond motifs is 1. The monoisotopic (exact) mass is 440 g/mol. The fourth-order valence-corrected chi connectivity index (χ4v) is 5.62. The lowest BCUT2D eigenvalue weighted by molar-refractivity contribution is 0.0773. The van der Waals surface area contributed by atoms with Crippen LogP contribution in [0.25, 0.3) is 11.0 Å². The normalized spacial score (nSPS) is 15.9. The van der Waals surface area contributed by atoms with Gasteiger partial charge >= 0.3 is 0 Å². The molecule has 0 atom stereocenters. The largest absolute Gasteiger partial charge is 0.342 e. The van der Waals surface area contributed by atoms with Crippen molar-refractivity contribution in [1.29, 1.82) is 0 Å². The van der Waals surface area contributed by atoms with Gasteiger partial charge in [-0.3, -0.25) is 4.79 Å². The van der Waals surface area contributed by atoms with Crippen molar-refractivity contribution in [3.8, 4) is 0 Å². The van der Waals surface area contributed by atoms with Crippen molar-refractivity contribution in [2.24, 2.45) is 0 Å². The molecule has 31 heavy (non-hydrogen) atoms. The molecule has 2 aromatic carbocycles. The van der Waals surface area contributed by atoms with Crippen molar-refractivity contribution in [3.05, 3.63) is 59.9 Å². The Morgan fingerprint density at radius 1 is 1.06 bits per heavy atom. The van der Waals surface area contributed by atoms with Crippen LogP contribution in [0, 0.1) is 0 Å². The SMILES string of the molecule is CCN(CC)C(=O)c1ccc(S(=O)(=O)N2CCC(c3nc4ccccc4[nH]3)CC2)cc1. The molecule has 0 saturated carbocycles. The van der Waals surface area contributed by atoms with Gasteiger partial charge < -0.3 is 9.88 Å². The number of piperidine rings is 1. The third-order valence-electron chi connectivity index (χ3n) is 6.04. The Kier molecular flexibility index (Phi) is 6.11. The van der Waals surface area contributed by atoms with E-state index in [2.05, 4.69) is 9.97 Å². The van der Waals surface area contributed by atoms with Crippen LogP contribution in [0.2, 0.25) is 0 Å². The number of para-hydroxylation sites is 2. The molecule has 0 bridgehead atoms. The number of nitrogens with zero attached hydrogens (tertiary/aromatic N) is 3. The van der Waals surface area contributed by atoms with Crippen LogP contribution >= 0.6 is 0 Å². The Labute approximate surface area is 183 Å². The molecule has 0 radical (unpaired) electrons. The van der Waals surface area contributed by atoms with E-state index in [1.54, 1.807) is 17.0 Å². The maximum Gasteiger partial charge on any atom is 0.253 e. The van der Waals surface area contributed by atoms with Crippen LogP contribution in [0.4, 0.5) is 0 Å².